The number of benzene rings is 3. The second-order valence-corrected chi connectivity index (χ2v) is 12.5. The molecule has 2 unspecified atom stereocenters. The van der Waals surface area contributed by atoms with E-state index in [0.717, 1.165) is 16.8 Å². The number of hydrogen-bond donors (Lipinski definition) is 0. The number of hydrogen-bond acceptors (Lipinski definition) is 6. The number of anilines is 1. The Morgan fingerprint density at radius 1 is 1.10 bits per heavy atom. The number of likely N-dealkylation sites (N-methyl/N-ethyl adjacent to an activating group) is 1. The number of rotatable bonds is 5. The predicted octanol–water partition coefficient (Wildman–Crippen LogP) is 5.49. The highest BCUT2D eigenvalue weighted by atomic mass is 32.2. The summed E-state index contributed by atoms with van der Waals surface area (Å²) < 4.78 is 55.3. The largest absolute Gasteiger partial charge is 0.457 e. The van der Waals surface area contributed by atoms with Crippen molar-refractivity contribution in [1.29, 1.82) is 0 Å². The summed E-state index contributed by atoms with van der Waals surface area (Å²) in [7, 11) is -2.14. The van der Waals surface area contributed by atoms with Gasteiger partial charge in [0.05, 0.1) is 11.2 Å². The average Bonchev–Trinajstić information content (AvgIpc) is 3.33. The molecule has 1 aromatic heterocycles. The van der Waals surface area contributed by atoms with Crippen molar-refractivity contribution in [3.8, 4) is 11.5 Å². The molecule has 0 saturated carbocycles. The highest BCUT2D eigenvalue weighted by Gasteiger charge is 2.55. The number of aromatic nitrogens is 1. The van der Waals surface area contributed by atoms with Crippen LogP contribution in [0.3, 0.4) is 0 Å². The number of oxazole rings is 1. The van der Waals surface area contributed by atoms with Crippen molar-refractivity contribution in [1.82, 2.24) is 14.2 Å². The first-order chi connectivity index (χ1) is 18.6. The third kappa shape index (κ3) is 4.77. The molecular weight excluding hydrogens is 519 g/mol. The van der Waals surface area contributed by atoms with Gasteiger partial charge < -0.3 is 9.15 Å². The molecule has 1 spiro atoms. The van der Waals surface area contributed by atoms with Crippen LogP contribution in [0.5, 0.6) is 11.5 Å². The molecule has 2 atom stereocenters. The molecule has 2 fully saturated rings. The van der Waals surface area contributed by atoms with E-state index in [9.17, 15) is 12.8 Å². The maximum Gasteiger partial charge on any atom is 0.304 e. The van der Waals surface area contributed by atoms with E-state index in [-0.39, 0.29) is 6.04 Å². The zero-order valence-corrected chi connectivity index (χ0v) is 23.0. The summed E-state index contributed by atoms with van der Waals surface area (Å²) in [6, 6.07) is 19.6. The van der Waals surface area contributed by atoms with Crippen molar-refractivity contribution < 1.29 is 22.0 Å². The van der Waals surface area contributed by atoms with Crippen LogP contribution < -0.4 is 9.04 Å². The fourth-order valence-corrected chi connectivity index (χ4v) is 7.81. The summed E-state index contributed by atoms with van der Waals surface area (Å²) in [5, 5.41) is 0. The average molecular weight is 551 g/mol. The molecule has 0 bridgehead atoms. The second kappa shape index (κ2) is 9.62. The van der Waals surface area contributed by atoms with Crippen LogP contribution in [0.25, 0.3) is 11.1 Å². The summed E-state index contributed by atoms with van der Waals surface area (Å²) in [5.41, 5.74) is 2.33. The van der Waals surface area contributed by atoms with Gasteiger partial charge in [-0.15, -0.1) is 0 Å². The summed E-state index contributed by atoms with van der Waals surface area (Å²) >= 11 is 0. The van der Waals surface area contributed by atoms with Crippen molar-refractivity contribution in [3.05, 3.63) is 84.0 Å². The van der Waals surface area contributed by atoms with Gasteiger partial charge in [-0.2, -0.15) is 12.7 Å². The lowest BCUT2D eigenvalue weighted by atomic mass is 9.82. The molecule has 0 N–H and O–H groups in total. The molecule has 2 aliphatic rings. The number of aryl methyl sites for hydroxylation is 1. The molecule has 3 aromatic carbocycles. The minimum absolute atomic E-state index is 0.109. The molecule has 0 amide bonds. The van der Waals surface area contributed by atoms with E-state index in [2.05, 4.69) is 22.9 Å². The molecule has 4 aromatic rings. The SMILES string of the molecule is Cc1nc2ccc(Oc3cccc(CN4CCC5(CC4C)CN(C)S(=O)(=O)N5c4cccc(F)c4)c3)cc2o1. The van der Waals surface area contributed by atoms with Gasteiger partial charge >= 0.3 is 10.2 Å². The quantitative estimate of drug-likeness (QED) is 0.327. The third-order valence-electron chi connectivity index (χ3n) is 7.76. The Hall–Kier alpha value is -3.47. The minimum Gasteiger partial charge on any atom is -0.457 e. The van der Waals surface area contributed by atoms with Gasteiger partial charge in [-0.05, 0) is 67.8 Å². The highest BCUT2D eigenvalue weighted by Crippen LogP contribution is 2.44. The van der Waals surface area contributed by atoms with Crippen LogP contribution in [0.15, 0.2) is 71.1 Å². The number of piperidine rings is 1. The standard InChI is InChI=1S/C29H31FN4O4S/c1-20-17-29(19-32(3)39(35,36)34(29)24-8-5-7-23(30)15-24)12-13-33(20)18-22-6-4-9-25(14-22)38-26-10-11-27-28(16-26)37-21(2)31-27/h4-11,14-16,20H,12-13,17-19H2,1-3H3. The van der Waals surface area contributed by atoms with Crippen molar-refractivity contribution >= 4 is 27.0 Å². The number of fused-ring (bicyclic) bond motifs is 1. The fraction of sp³-hybridized carbons (Fsp3) is 0.345. The number of likely N-dealkylation sites (tertiary alicyclic amines) is 1. The molecule has 3 heterocycles. The van der Waals surface area contributed by atoms with E-state index in [1.807, 2.05) is 43.3 Å². The molecule has 39 heavy (non-hydrogen) atoms. The van der Waals surface area contributed by atoms with E-state index in [0.29, 0.717) is 55.4 Å². The minimum atomic E-state index is -3.74. The fourth-order valence-electron chi connectivity index (χ4n) is 6.03. The Bertz CT molecular complexity index is 1640. The summed E-state index contributed by atoms with van der Waals surface area (Å²) in [4.78, 5) is 6.69. The first-order valence-corrected chi connectivity index (χ1v) is 14.4. The second-order valence-electron chi connectivity index (χ2n) is 10.6. The Kier molecular flexibility index (Phi) is 6.36. The van der Waals surface area contributed by atoms with Crippen LogP contribution in [0, 0.1) is 12.7 Å². The van der Waals surface area contributed by atoms with Crippen molar-refractivity contribution in [2.24, 2.45) is 0 Å². The van der Waals surface area contributed by atoms with Crippen molar-refractivity contribution in [2.45, 2.75) is 44.8 Å². The molecule has 8 nitrogen and oxygen atoms in total. The summed E-state index contributed by atoms with van der Waals surface area (Å²) in [6.07, 6.45) is 1.28. The monoisotopic (exact) mass is 550 g/mol. The Labute approximate surface area is 227 Å². The van der Waals surface area contributed by atoms with Crippen LogP contribution in [0.1, 0.15) is 31.2 Å². The maximum absolute atomic E-state index is 14.1. The van der Waals surface area contributed by atoms with Gasteiger partial charge in [0.1, 0.15) is 22.8 Å². The van der Waals surface area contributed by atoms with Crippen LogP contribution >= 0.6 is 0 Å². The molecular formula is C29H31FN4O4S. The van der Waals surface area contributed by atoms with Gasteiger partial charge in [-0.3, -0.25) is 9.21 Å². The number of ether oxygens (including phenoxy) is 1. The van der Waals surface area contributed by atoms with E-state index < -0.39 is 21.6 Å². The molecule has 10 heteroatoms. The zero-order valence-electron chi connectivity index (χ0n) is 22.2. The van der Waals surface area contributed by atoms with Crippen LogP contribution in [0.4, 0.5) is 10.1 Å². The highest BCUT2D eigenvalue weighted by molar-refractivity contribution is 7.90. The molecule has 0 aliphatic carbocycles. The normalized spacial score (nSPS) is 23.6. The summed E-state index contributed by atoms with van der Waals surface area (Å²) in [5.74, 6) is 1.57. The van der Waals surface area contributed by atoms with Gasteiger partial charge in [0, 0.05) is 45.7 Å². The molecule has 204 valence electrons. The lowest BCUT2D eigenvalue weighted by Crippen LogP contribution is -2.57. The third-order valence-corrected chi connectivity index (χ3v) is 9.74. The topological polar surface area (TPSA) is 79.1 Å². The van der Waals surface area contributed by atoms with Crippen LogP contribution in [-0.4, -0.2) is 54.3 Å². The van der Waals surface area contributed by atoms with Gasteiger partial charge in [-0.25, -0.2) is 9.37 Å². The van der Waals surface area contributed by atoms with Gasteiger partial charge in [0.15, 0.2) is 11.5 Å². The molecule has 0 radical (unpaired) electrons. The Morgan fingerprint density at radius 2 is 1.90 bits per heavy atom. The van der Waals surface area contributed by atoms with E-state index in [1.54, 1.807) is 19.2 Å². The van der Waals surface area contributed by atoms with Crippen molar-refractivity contribution in [2.75, 3.05) is 24.4 Å². The number of halogens is 1. The van der Waals surface area contributed by atoms with Gasteiger partial charge in [0.2, 0.25) is 0 Å². The summed E-state index contributed by atoms with van der Waals surface area (Å²) in [6.45, 7) is 5.74. The molecule has 2 aliphatic heterocycles. The first-order valence-electron chi connectivity index (χ1n) is 13.0. The molecule has 2 saturated heterocycles. The Balaban J connectivity index is 1.18. The van der Waals surface area contributed by atoms with Crippen LogP contribution in [-0.2, 0) is 16.8 Å². The zero-order chi connectivity index (χ0) is 27.4. The van der Waals surface area contributed by atoms with Gasteiger partial charge in [0.25, 0.3) is 0 Å². The number of nitrogens with zero attached hydrogens (tertiary/aromatic N) is 4. The maximum atomic E-state index is 14.1. The van der Waals surface area contributed by atoms with Gasteiger partial charge in [-0.1, -0.05) is 18.2 Å². The smallest absolute Gasteiger partial charge is 0.304 e. The predicted molar refractivity (Wildman–Crippen MR) is 148 cm³/mol. The lowest BCUT2D eigenvalue weighted by Gasteiger charge is -2.47. The van der Waals surface area contributed by atoms with Crippen molar-refractivity contribution in [3.63, 3.8) is 0 Å². The first kappa shape index (κ1) is 25.8. The lowest BCUT2D eigenvalue weighted by molar-refractivity contribution is 0.100. The van der Waals surface area contributed by atoms with E-state index >= 15 is 0 Å². The van der Waals surface area contributed by atoms with E-state index in [4.69, 9.17) is 9.15 Å². The molecule has 6 rings (SSSR count). The van der Waals surface area contributed by atoms with E-state index in [1.165, 1.54) is 20.7 Å². The Morgan fingerprint density at radius 3 is 2.69 bits per heavy atom. The van der Waals surface area contributed by atoms with Crippen LogP contribution in [0.2, 0.25) is 0 Å².